The molecule has 1 aliphatic rings. The Morgan fingerprint density at radius 1 is 1.28 bits per heavy atom. The number of hydrogen-bond donors (Lipinski definition) is 0. The maximum absolute atomic E-state index is 12.8. The zero-order chi connectivity index (χ0) is 17.9. The second-order valence-electron chi connectivity index (χ2n) is 5.65. The molecule has 0 radical (unpaired) electrons. The normalized spacial score (nSPS) is 16.8. The molecule has 0 N–H and O–H groups in total. The lowest BCUT2D eigenvalue weighted by Gasteiger charge is -2.33. The van der Waals surface area contributed by atoms with Gasteiger partial charge in [0.15, 0.2) is 0 Å². The SMILES string of the molecule is COC(=O)c1sccc1S(=O)(=O)N1CCN(CCn2ccnc2)CC1. The monoisotopic (exact) mass is 384 g/mol. The zero-order valence-corrected chi connectivity index (χ0v) is 15.5. The van der Waals surface area contributed by atoms with Crippen LogP contribution < -0.4 is 0 Å². The van der Waals surface area contributed by atoms with E-state index in [2.05, 4.69) is 14.6 Å². The summed E-state index contributed by atoms with van der Waals surface area (Å²) in [6.07, 6.45) is 5.42. The number of sulfonamides is 1. The molecule has 2 aromatic rings. The summed E-state index contributed by atoms with van der Waals surface area (Å²) >= 11 is 1.08. The molecule has 3 heterocycles. The number of rotatable bonds is 6. The highest BCUT2D eigenvalue weighted by atomic mass is 32.2. The van der Waals surface area contributed by atoms with E-state index in [9.17, 15) is 13.2 Å². The molecule has 10 heteroatoms. The highest BCUT2D eigenvalue weighted by molar-refractivity contribution is 7.89. The fourth-order valence-corrected chi connectivity index (χ4v) is 5.48. The molecule has 0 unspecified atom stereocenters. The van der Waals surface area contributed by atoms with E-state index in [0.717, 1.165) is 24.4 Å². The largest absolute Gasteiger partial charge is 0.465 e. The van der Waals surface area contributed by atoms with Gasteiger partial charge in [-0.3, -0.25) is 4.90 Å². The molecule has 0 amide bonds. The Bertz CT molecular complexity index is 808. The maximum atomic E-state index is 12.8. The Labute approximate surface area is 150 Å². The van der Waals surface area contributed by atoms with Crippen LogP contribution in [0.5, 0.6) is 0 Å². The van der Waals surface area contributed by atoms with Gasteiger partial charge in [0.2, 0.25) is 10.0 Å². The minimum absolute atomic E-state index is 0.0382. The van der Waals surface area contributed by atoms with Crippen molar-refractivity contribution in [3.05, 3.63) is 35.0 Å². The number of carbonyl (C=O) groups is 1. The van der Waals surface area contributed by atoms with Gasteiger partial charge in [0.25, 0.3) is 0 Å². The van der Waals surface area contributed by atoms with Gasteiger partial charge in [-0.15, -0.1) is 11.3 Å². The molecule has 2 aromatic heterocycles. The second kappa shape index (κ2) is 7.65. The molecule has 0 aliphatic carbocycles. The fourth-order valence-electron chi connectivity index (χ4n) is 2.75. The predicted octanol–water partition coefficient (Wildman–Crippen LogP) is 0.738. The number of methoxy groups -OCH3 is 1. The Kier molecular flexibility index (Phi) is 5.52. The Balaban J connectivity index is 1.62. The lowest BCUT2D eigenvalue weighted by Crippen LogP contribution is -2.49. The first-order valence-corrected chi connectivity index (χ1v) is 10.2. The first-order chi connectivity index (χ1) is 12.0. The minimum atomic E-state index is -3.69. The van der Waals surface area contributed by atoms with Crippen molar-refractivity contribution < 1.29 is 17.9 Å². The molecule has 0 spiro atoms. The third-order valence-corrected chi connectivity index (χ3v) is 7.15. The summed E-state index contributed by atoms with van der Waals surface area (Å²) in [5.74, 6) is -0.618. The molecule has 0 atom stereocenters. The number of imidazole rings is 1. The quantitative estimate of drug-likeness (QED) is 0.683. The molecule has 1 fully saturated rings. The number of aromatic nitrogens is 2. The molecule has 1 aliphatic heterocycles. The molecule has 1 saturated heterocycles. The summed E-state index contributed by atoms with van der Waals surface area (Å²) < 4.78 is 33.8. The van der Waals surface area contributed by atoms with Crippen molar-refractivity contribution >= 4 is 27.3 Å². The van der Waals surface area contributed by atoms with E-state index >= 15 is 0 Å². The summed E-state index contributed by atoms with van der Waals surface area (Å²) in [5.41, 5.74) is 0. The van der Waals surface area contributed by atoms with Crippen molar-refractivity contribution in [2.45, 2.75) is 11.4 Å². The number of carbonyl (C=O) groups excluding carboxylic acids is 1. The minimum Gasteiger partial charge on any atom is -0.465 e. The Morgan fingerprint density at radius 2 is 2.04 bits per heavy atom. The van der Waals surface area contributed by atoms with Gasteiger partial charge in [0, 0.05) is 51.7 Å². The Hall–Kier alpha value is -1.75. The molecular weight excluding hydrogens is 364 g/mol. The van der Waals surface area contributed by atoms with Crippen molar-refractivity contribution in [2.24, 2.45) is 0 Å². The van der Waals surface area contributed by atoms with Crippen LogP contribution in [0.4, 0.5) is 0 Å². The molecule has 3 rings (SSSR count). The summed E-state index contributed by atoms with van der Waals surface area (Å²) in [7, 11) is -2.44. The van der Waals surface area contributed by atoms with Crippen LogP contribution in [0.3, 0.4) is 0 Å². The first-order valence-electron chi connectivity index (χ1n) is 7.86. The molecule has 8 nitrogen and oxygen atoms in total. The van der Waals surface area contributed by atoms with Gasteiger partial charge in [0.05, 0.1) is 13.4 Å². The van der Waals surface area contributed by atoms with Crippen LogP contribution in [0.2, 0.25) is 0 Å². The van der Waals surface area contributed by atoms with Crippen molar-refractivity contribution in [3.8, 4) is 0 Å². The number of nitrogens with zero attached hydrogens (tertiary/aromatic N) is 4. The van der Waals surface area contributed by atoms with E-state index in [1.807, 2.05) is 10.8 Å². The summed E-state index contributed by atoms with van der Waals surface area (Å²) in [6.45, 7) is 3.79. The van der Waals surface area contributed by atoms with E-state index in [4.69, 9.17) is 0 Å². The second-order valence-corrected chi connectivity index (χ2v) is 8.47. The number of thiophene rings is 1. The van der Waals surface area contributed by atoms with Crippen LogP contribution in [0.1, 0.15) is 9.67 Å². The average Bonchev–Trinajstić information content (AvgIpc) is 3.31. The molecule has 0 saturated carbocycles. The fraction of sp³-hybridized carbons (Fsp3) is 0.467. The van der Waals surface area contributed by atoms with Crippen molar-refractivity contribution in [1.82, 2.24) is 18.8 Å². The number of esters is 1. The highest BCUT2D eigenvalue weighted by Gasteiger charge is 2.32. The summed E-state index contributed by atoms with van der Waals surface area (Å²) in [5, 5.41) is 1.60. The van der Waals surface area contributed by atoms with E-state index in [-0.39, 0.29) is 9.77 Å². The summed E-state index contributed by atoms with van der Waals surface area (Å²) in [6, 6.07) is 1.47. The Morgan fingerprint density at radius 3 is 2.68 bits per heavy atom. The standard InChI is InChI=1S/C15H20N4O4S2/c1-23-15(20)14-13(2-11-24-14)25(21,22)19-9-7-17(8-10-19)5-6-18-4-3-16-12-18/h2-4,11-12H,5-10H2,1H3. The smallest absolute Gasteiger partial charge is 0.349 e. The number of ether oxygens (including phenoxy) is 1. The van der Waals surface area contributed by atoms with Gasteiger partial charge in [-0.1, -0.05) is 0 Å². The van der Waals surface area contributed by atoms with Crippen LogP contribution in [-0.4, -0.2) is 73.0 Å². The van der Waals surface area contributed by atoms with Gasteiger partial charge in [0.1, 0.15) is 9.77 Å². The number of hydrogen-bond acceptors (Lipinski definition) is 7. The van der Waals surface area contributed by atoms with Crippen LogP contribution in [-0.2, 0) is 21.3 Å². The van der Waals surface area contributed by atoms with Crippen LogP contribution in [0.15, 0.2) is 35.1 Å². The van der Waals surface area contributed by atoms with Crippen molar-refractivity contribution in [1.29, 1.82) is 0 Å². The summed E-state index contributed by atoms with van der Waals surface area (Å²) in [4.78, 5) is 18.2. The van der Waals surface area contributed by atoms with E-state index < -0.39 is 16.0 Å². The lowest BCUT2D eigenvalue weighted by atomic mass is 10.3. The third-order valence-electron chi connectivity index (χ3n) is 4.18. The predicted molar refractivity (Wildman–Crippen MR) is 93.1 cm³/mol. The van der Waals surface area contributed by atoms with Gasteiger partial charge < -0.3 is 9.30 Å². The molecule has 136 valence electrons. The van der Waals surface area contributed by atoms with Gasteiger partial charge >= 0.3 is 5.97 Å². The molecule has 0 aromatic carbocycles. The van der Waals surface area contributed by atoms with E-state index in [0.29, 0.717) is 26.2 Å². The van der Waals surface area contributed by atoms with Crippen LogP contribution >= 0.6 is 11.3 Å². The third kappa shape index (κ3) is 3.92. The van der Waals surface area contributed by atoms with Gasteiger partial charge in [-0.25, -0.2) is 18.2 Å². The van der Waals surface area contributed by atoms with E-state index in [1.54, 1.807) is 17.9 Å². The first kappa shape index (κ1) is 18.1. The molecule has 0 bridgehead atoms. The molecular formula is C15H20N4O4S2. The van der Waals surface area contributed by atoms with Gasteiger partial charge in [-0.05, 0) is 11.4 Å². The highest BCUT2D eigenvalue weighted by Crippen LogP contribution is 2.26. The van der Waals surface area contributed by atoms with Crippen LogP contribution in [0.25, 0.3) is 0 Å². The average molecular weight is 384 g/mol. The zero-order valence-electron chi connectivity index (χ0n) is 13.9. The van der Waals surface area contributed by atoms with Gasteiger partial charge in [-0.2, -0.15) is 4.31 Å². The van der Waals surface area contributed by atoms with E-state index in [1.165, 1.54) is 17.5 Å². The number of piperazine rings is 1. The topological polar surface area (TPSA) is 84.7 Å². The van der Waals surface area contributed by atoms with Crippen molar-refractivity contribution in [3.63, 3.8) is 0 Å². The molecule has 25 heavy (non-hydrogen) atoms. The van der Waals surface area contributed by atoms with Crippen molar-refractivity contribution in [2.75, 3.05) is 39.8 Å². The maximum Gasteiger partial charge on any atom is 0.349 e. The van der Waals surface area contributed by atoms with Crippen LogP contribution in [0, 0.1) is 0 Å². The lowest BCUT2D eigenvalue weighted by molar-refractivity contribution is 0.0602.